The van der Waals surface area contributed by atoms with Gasteiger partial charge in [-0.3, -0.25) is 0 Å². The highest BCUT2D eigenvalue weighted by atomic mass is 19.1. The van der Waals surface area contributed by atoms with Gasteiger partial charge in [-0.15, -0.1) is 0 Å². The normalized spacial score (nSPS) is 10.3. The summed E-state index contributed by atoms with van der Waals surface area (Å²) >= 11 is 0. The van der Waals surface area contributed by atoms with Crippen molar-refractivity contribution in [1.82, 2.24) is 0 Å². The molecule has 20 heavy (non-hydrogen) atoms. The topological polar surface area (TPSA) is 46.5 Å². The van der Waals surface area contributed by atoms with Crippen LogP contribution in [0.3, 0.4) is 0 Å². The molecule has 0 atom stereocenters. The average molecular weight is 278 g/mol. The van der Waals surface area contributed by atoms with Gasteiger partial charge in [0, 0.05) is 0 Å². The van der Waals surface area contributed by atoms with Crippen molar-refractivity contribution in [2.45, 2.75) is 13.5 Å². The maximum absolute atomic E-state index is 13.4. The van der Waals surface area contributed by atoms with E-state index in [1.807, 2.05) is 0 Å². The van der Waals surface area contributed by atoms with Gasteiger partial charge in [0.25, 0.3) is 0 Å². The SMILES string of the molecule is Cc1cc(OCc2c(F)cccc2F)ccc1C(=O)O. The zero-order valence-electron chi connectivity index (χ0n) is 10.7. The first-order valence-electron chi connectivity index (χ1n) is 5.88. The van der Waals surface area contributed by atoms with E-state index in [2.05, 4.69) is 0 Å². The molecule has 0 spiro atoms. The fraction of sp³-hybridized carbons (Fsp3) is 0.133. The van der Waals surface area contributed by atoms with Gasteiger partial charge in [-0.05, 0) is 42.8 Å². The summed E-state index contributed by atoms with van der Waals surface area (Å²) in [6.45, 7) is 1.37. The minimum absolute atomic E-state index is 0.160. The van der Waals surface area contributed by atoms with Crippen LogP contribution in [-0.2, 0) is 6.61 Å². The van der Waals surface area contributed by atoms with Crippen LogP contribution >= 0.6 is 0 Å². The smallest absolute Gasteiger partial charge is 0.335 e. The van der Waals surface area contributed by atoms with Crippen LogP contribution in [0.1, 0.15) is 21.5 Å². The number of ether oxygens (including phenoxy) is 1. The molecule has 2 aromatic carbocycles. The summed E-state index contributed by atoms with van der Waals surface area (Å²) in [5.74, 6) is -2.03. The summed E-state index contributed by atoms with van der Waals surface area (Å²) in [6, 6.07) is 7.95. The fourth-order valence-electron chi connectivity index (χ4n) is 1.79. The Bertz CT molecular complexity index is 633. The maximum atomic E-state index is 13.4. The molecular weight excluding hydrogens is 266 g/mol. The average Bonchev–Trinajstić information content (AvgIpc) is 2.37. The molecule has 1 N–H and O–H groups in total. The van der Waals surface area contributed by atoms with E-state index in [1.54, 1.807) is 6.92 Å². The van der Waals surface area contributed by atoms with E-state index in [1.165, 1.54) is 24.3 Å². The third-order valence-corrected chi connectivity index (χ3v) is 2.87. The maximum Gasteiger partial charge on any atom is 0.335 e. The van der Waals surface area contributed by atoms with E-state index in [-0.39, 0.29) is 17.7 Å². The third-order valence-electron chi connectivity index (χ3n) is 2.87. The number of aryl methyl sites for hydroxylation is 1. The molecular formula is C15H12F2O3. The van der Waals surface area contributed by atoms with Gasteiger partial charge in [0.1, 0.15) is 24.0 Å². The van der Waals surface area contributed by atoms with Crippen LogP contribution in [0, 0.1) is 18.6 Å². The largest absolute Gasteiger partial charge is 0.489 e. The first-order valence-corrected chi connectivity index (χ1v) is 5.88. The van der Waals surface area contributed by atoms with Crippen LogP contribution < -0.4 is 4.74 Å². The summed E-state index contributed by atoms with van der Waals surface area (Å²) in [7, 11) is 0. The number of carboxylic acids is 1. The Morgan fingerprint density at radius 2 is 1.85 bits per heavy atom. The van der Waals surface area contributed by atoms with Gasteiger partial charge in [0.2, 0.25) is 0 Å². The van der Waals surface area contributed by atoms with Crippen molar-refractivity contribution in [1.29, 1.82) is 0 Å². The molecule has 0 aliphatic carbocycles. The second-order valence-corrected chi connectivity index (χ2v) is 4.27. The highest BCUT2D eigenvalue weighted by Crippen LogP contribution is 2.20. The van der Waals surface area contributed by atoms with E-state index in [0.717, 1.165) is 12.1 Å². The molecule has 0 radical (unpaired) electrons. The molecule has 0 saturated carbocycles. The van der Waals surface area contributed by atoms with Gasteiger partial charge in [0.05, 0.1) is 11.1 Å². The molecule has 0 unspecified atom stereocenters. The zero-order chi connectivity index (χ0) is 14.7. The van der Waals surface area contributed by atoms with Crippen LogP contribution in [0.4, 0.5) is 8.78 Å². The predicted molar refractivity (Wildman–Crippen MR) is 68.8 cm³/mol. The van der Waals surface area contributed by atoms with Gasteiger partial charge < -0.3 is 9.84 Å². The van der Waals surface area contributed by atoms with Crippen molar-refractivity contribution < 1.29 is 23.4 Å². The molecule has 104 valence electrons. The zero-order valence-corrected chi connectivity index (χ0v) is 10.7. The van der Waals surface area contributed by atoms with Crippen molar-refractivity contribution in [3.8, 4) is 5.75 Å². The van der Waals surface area contributed by atoms with Gasteiger partial charge in [-0.1, -0.05) is 6.07 Å². The number of carboxylic acid groups (broad SMARTS) is 1. The number of hydrogen-bond donors (Lipinski definition) is 1. The Kier molecular flexibility index (Phi) is 3.98. The Morgan fingerprint density at radius 3 is 2.40 bits per heavy atom. The Labute approximate surface area is 114 Å². The second kappa shape index (κ2) is 5.69. The summed E-state index contributed by atoms with van der Waals surface area (Å²) < 4.78 is 32.1. The highest BCUT2D eigenvalue weighted by molar-refractivity contribution is 5.89. The van der Waals surface area contributed by atoms with Crippen molar-refractivity contribution in [3.63, 3.8) is 0 Å². The van der Waals surface area contributed by atoms with Gasteiger partial charge in [0.15, 0.2) is 0 Å². The molecule has 0 bridgehead atoms. The van der Waals surface area contributed by atoms with Crippen LogP contribution in [0.5, 0.6) is 5.75 Å². The molecule has 0 aliphatic heterocycles. The summed E-state index contributed by atoms with van der Waals surface area (Å²) in [5, 5.41) is 8.90. The number of hydrogen-bond acceptors (Lipinski definition) is 2. The minimum Gasteiger partial charge on any atom is -0.489 e. The van der Waals surface area contributed by atoms with E-state index < -0.39 is 17.6 Å². The molecule has 0 aromatic heterocycles. The van der Waals surface area contributed by atoms with E-state index in [0.29, 0.717) is 11.3 Å². The number of benzene rings is 2. The number of halogens is 2. The molecule has 0 heterocycles. The Morgan fingerprint density at radius 1 is 1.20 bits per heavy atom. The molecule has 3 nitrogen and oxygen atoms in total. The molecule has 0 fully saturated rings. The summed E-state index contributed by atoms with van der Waals surface area (Å²) in [5.41, 5.74) is 0.519. The highest BCUT2D eigenvalue weighted by Gasteiger charge is 2.11. The summed E-state index contributed by atoms with van der Waals surface area (Å²) in [6.07, 6.45) is 0. The Hall–Kier alpha value is -2.43. The number of aromatic carboxylic acids is 1. The van der Waals surface area contributed by atoms with Crippen molar-refractivity contribution in [2.24, 2.45) is 0 Å². The number of rotatable bonds is 4. The van der Waals surface area contributed by atoms with Crippen LogP contribution in [0.2, 0.25) is 0 Å². The lowest BCUT2D eigenvalue weighted by molar-refractivity contribution is 0.0696. The van der Waals surface area contributed by atoms with Crippen molar-refractivity contribution in [3.05, 3.63) is 64.7 Å². The van der Waals surface area contributed by atoms with E-state index in [9.17, 15) is 13.6 Å². The third kappa shape index (κ3) is 2.93. The van der Waals surface area contributed by atoms with Crippen molar-refractivity contribution >= 4 is 5.97 Å². The second-order valence-electron chi connectivity index (χ2n) is 4.27. The van der Waals surface area contributed by atoms with Crippen LogP contribution in [0.15, 0.2) is 36.4 Å². The van der Waals surface area contributed by atoms with Gasteiger partial charge in [-0.2, -0.15) is 0 Å². The van der Waals surface area contributed by atoms with Gasteiger partial charge in [-0.25, -0.2) is 13.6 Å². The summed E-state index contributed by atoms with van der Waals surface area (Å²) in [4.78, 5) is 10.9. The quantitative estimate of drug-likeness (QED) is 0.930. The monoisotopic (exact) mass is 278 g/mol. The fourth-order valence-corrected chi connectivity index (χ4v) is 1.79. The lowest BCUT2D eigenvalue weighted by Gasteiger charge is -2.09. The molecule has 2 aromatic rings. The molecule has 0 amide bonds. The van der Waals surface area contributed by atoms with Crippen molar-refractivity contribution in [2.75, 3.05) is 0 Å². The standard InChI is InChI=1S/C15H12F2O3/c1-9-7-10(5-6-11(9)15(18)19)20-8-12-13(16)3-2-4-14(12)17/h2-7H,8H2,1H3,(H,18,19). The van der Waals surface area contributed by atoms with Crippen LogP contribution in [-0.4, -0.2) is 11.1 Å². The molecule has 5 heteroatoms. The number of carbonyl (C=O) groups is 1. The van der Waals surface area contributed by atoms with Gasteiger partial charge >= 0.3 is 5.97 Å². The van der Waals surface area contributed by atoms with Crippen LogP contribution in [0.25, 0.3) is 0 Å². The van der Waals surface area contributed by atoms with E-state index in [4.69, 9.17) is 9.84 Å². The van der Waals surface area contributed by atoms with E-state index >= 15 is 0 Å². The first kappa shape index (κ1) is 14.0. The molecule has 0 saturated heterocycles. The Balaban J connectivity index is 2.16. The lowest BCUT2D eigenvalue weighted by Crippen LogP contribution is -2.03. The first-order chi connectivity index (χ1) is 9.49. The predicted octanol–water partition coefficient (Wildman–Crippen LogP) is 3.55. The molecule has 2 rings (SSSR count). The minimum atomic E-state index is -1.03. The molecule has 0 aliphatic rings. The lowest BCUT2D eigenvalue weighted by atomic mass is 10.1.